The number of para-hydroxylation sites is 1. The van der Waals surface area contributed by atoms with Crippen molar-refractivity contribution < 1.29 is 0 Å². The predicted octanol–water partition coefficient (Wildman–Crippen LogP) is 15.2. The summed E-state index contributed by atoms with van der Waals surface area (Å²) in [4.78, 5) is 0. The van der Waals surface area contributed by atoms with Crippen LogP contribution in [0.1, 0.15) is 61.7 Å². The number of anilines is 1. The fourth-order valence-corrected chi connectivity index (χ4v) is 12.6. The molecule has 10 aromatic carbocycles. The van der Waals surface area contributed by atoms with Crippen molar-refractivity contribution in [1.82, 2.24) is 0 Å². The molecule has 2 spiro atoms. The molecule has 0 heterocycles. The molecule has 0 unspecified atom stereocenters. The van der Waals surface area contributed by atoms with Crippen molar-refractivity contribution in [1.29, 1.82) is 0 Å². The van der Waals surface area contributed by atoms with Crippen LogP contribution >= 0.6 is 0 Å². The molecule has 0 aromatic heterocycles. The van der Waals surface area contributed by atoms with E-state index in [1.165, 1.54) is 111 Å². The molecule has 0 aliphatic heterocycles. The number of rotatable bonds is 5. The van der Waals surface area contributed by atoms with Crippen LogP contribution in [0, 0.1) is 0 Å². The topological polar surface area (TPSA) is 12.0 Å². The maximum absolute atomic E-state index is 4.24. The van der Waals surface area contributed by atoms with E-state index in [9.17, 15) is 0 Å². The van der Waals surface area contributed by atoms with Crippen LogP contribution in [-0.2, 0) is 10.8 Å². The first-order valence-electron chi connectivity index (χ1n) is 22.5. The number of benzene rings is 10. The average molecular weight is 812 g/mol. The van der Waals surface area contributed by atoms with Gasteiger partial charge >= 0.3 is 0 Å². The molecule has 0 radical (unpaired) electrons. The van der Waals surface area contributed by atoms with Crippen LogP contribution in [-0.4, -0.2) is 0 Å². The highest BCUT2D eigenvalue weighted by Gasteiger charge is 2.53. The van der Waals surface area contributed by atoms with E-state index in [0.29, 0.717) is 0 Å². The van der Waals surface area contributed by atoms with Crippen LogP contribution in [0.5, 0.6) is 0 Å². The van der Waals surface area contributed by atoms with Gasteiger partial charge in [0.05, 0.1) is 16.9 Å². The molecular weight excluding hydrogens is 771 g/mol. The van der Waals surface area contributed by atoms with Gasteiger partial charge < -0.3 is 5.32 Å². The van der Waals surface area contributed by atoms with Gasteiger partial charge in [-0.1, -0.05) is 231 Å². The van der Waals surface area contributed by atoms with Gasteiger partial charge in [-0.2, -0.15) is 0 Å². The molecule has 0 saturated heterocycles. The lowest BCUT2D eigenvalue weighted by Crippen LogP contribution is -2.27. The molecule has 1 nitrogen and oxygen atoms in total. The molecule has 4 aliphatic rings. The van der Waals surface area contributed by atoms with Crippen LogP contribution in [0.25, 0.3) is 55.6 Å². The molecule has 1 N–H and O–H groups in total. The Morgan fingerprint density at radius 2 is 0.547 bits per heavy atom. The summed E-state index contributed by atoms with van der Waals surface area (Å²) in [6.45, 7) is 0. The first kappa shape index (κ1) is 35.6. The average Bonchev–Trinajstić information content (AvgIpc) is 4.05. The zero-order valence-corrected chi connectivity index (χ0v) is 35.1. The fraction of sp³-hybridized carbons (Fsp3) is 0.0476. The smallest absolute Gasteiger partial charge is 0.0767 e. The van der Waals surface area contributed by atoms with Gasteiger partial charge in [0.2, 0.25) is 0 Å². The summed E-state index contributed by atoms with van der Waals surface area (Å²) in [5, 5.41) is 4.24. The number of hydrogen-bond acceptors (Lipinski definition) is 1. The fourth-order valence-electron chi connectivity index (χ4n) is 12.6. The highest BCUT2D eigenvalue weighted by molar-refractivity contribution is 5.97. The molecule has 0 bridgehead atoms. The maximum Gasteiger partial charge on any atom is 0.0767 e. The number of fused-ring (bicyclic) bond motifs is 20. The first-order valence-corrected chi connectivity index (χ1v) is 22.5. The summed E-state index contributed by atoms with van der Waals surface area (Å²) < 4.78 is 0. The van der Waals surface area contributed by atoms with E-state index in [4.69, 9.17) is 0 Å². The van der Waals surface area contributed by atoms with Gasteiger partial charge in [-0.25, -0.2) is 0 Å². The Morgan fingerprint density at radius 1 is 0.250 bits per heavy atom. The summed E-state index contributed by atoms with van der Waals surface area (Å²) in [6, 6.07) is 88.7. The highest BCUT2D eigenvalue weighted by atomic mass is 14.9. The number of nitrogens with one attached hydrogen (secondary N) is 1. The molecule has 1 heteroatoms. The van der Waals surface area contributed by atoms with E-state index >= 15 is 0 Å². The van der Waals surface area contributed by atoms with Gasteiger partial charge in [0.15, 0.2) is 0 Å². The predicted molar refractivity (Wildman–Crippen MR) is 263 cm³/mol. The van der Waals surface area contributed by atoms with E-state index in [1.54, 1.807) is 0 Å². The third-order valence-electron chi connectivity index (χ3n) is 15.0. The molecule has 0 fully saturated rings. The van der Waals surface area contributed by atoms with E-state index < -0.39 is 10.8 Å². The van der Waals surface area contributed by atoms with Crippen molar-refractivity contribution >= 4 is 5.69 Å². The zero-order chi connectivity index (χ0) is 42.0. The maximum atomic E-state index is 4.24. The Hall–Kier alpha value is -8.00. The van der Waals surface area contributed by atoms with Gasteiger partial charge in [-0.15, -0.1) is 0 Å². The van der Waals surface area contributed by atoms with Crippen LogP contribution in [0.15, 0.2) is 237 Å². The lowest BCUT2D eigenvalue weighted by Gasteiger charge is -2.32. The number of hydrogen-bond donors (Lipinski definition) is 1. The molecular formula is C63H41N. The second-order valence-corrected chi connectivity index (χ2v) is 17.9. The third-order valence-corrected chi connectivity index (χ3v) is 15.0. The monoisotopic (exact) mass is 811 g/mol. The highest BCUT2D eigenvalue weighted by Crippen LogP contribution is 2.65. The minimum absolute atomic E-state index is 0.194. The minimum Gasteiger partial charge on any atom is -0.374 e. The van der Waals surface area contributed by atoms with Gasteiger partial charge in [0, 0.05) is 11.3 Å². The Labute approximate surface area is 374 Å². The zero-order valence-electron chi connectivity index (χ0n) is 35.1. The first-order chi connectivity index (χ1) is 31.8. The quantitative estimate of drug-likeness (QED) is 0.183. The van der Waals surface area contributed by atoms with Crippen molar-refractivity contribution in [3.8, 4) is 55.6 Å². The molecule has 14 rings (SSSR count). The summed E-state index contributed by atoms with van der Waals surface area (Å²) in [5.74, 6) is 0. The Morgan fingerprint density at radius 3 is 0.922 bits per heavy atom. The lowest BCUT2D eigenvalue weighted by atomic mass is 9.69. The van der Waals surface area contributed by atoms with Crippen molar-refractivity contribution in [2.24, 2.45) is 0 Å². The van der Waals surface area contributed by atoms with Crippen LogP contribution in [0.2, 0.25) is 0 Å². The van der Waals surface area contributed by atoms with E-state index in [2.05, 4.69) is 242 Å². The van der Waals surface area contributed by atoms with Crippen molar-refractivity contribution in [2.75, 3.05) is 5.32 Å². The Bertz CT molecular complexity index is 3240. The van der Waals surface area contributed by atoms with Gasteiger partial charge in [0.1, 0.15) is 0 Å². The molecule has 0 saturated carbocycles. The van der Waals surface area contributed by atoms with Gasteiger partial charge in [0.25, 0.3) is 0 Å². The Kier molecular flexibility index (Phi) is 7.37. The van der Waals surface area contributed by atoms with Crippen molar-refractivity contribution in [2.45, 2.75) is 16.9 Å². The normalized spacial score (nSPS) is 14.3. The molecule has 10 aromatic rings. The van der Waals surface area contributed by atoms with Crippen LogP contribution in [0.3, 0.4) is 0 Å². The third kappa shape index (κ3) is 4.53. The largest absolute Gasteiger partial charge is 0.374 e. The van der Waals surface area contributed by atoms with Gasteiger partial charge in [-0.3, -0.25) is 0 Å². The van der Waals surface area contributed by atoms with Crippen LogP contribution in [0.4, 0.5) is 5.69 Å². The molecule has 4 aliphatic carbocycles. The second-order valence-electron chi connectivity index (χ2n) is 17.9. The summed E-state index contributed by atoms with van der Waals surface area (Å²) in [6.07, 6.45) is 0. The summed E-state index contributed by atoms with van der Waals surface area (Å²) in [7, 11) is 0. The SMILES string of the molecule is c1ccc(-c2ccccc2NC(c2ccc3c(c2)C2(c4ccccc4-c4ccccc42)c2ccccc2-3)c2ccc3c(c2)C2(c4ccccc4-c4ccccc42)c2ccccc2-3)cc1. The second kappa shape index (κ2) is 13.3. The van der Waals surface area contributed by atoms with Crippen LogP contribution < -0.4 is 5.32 Å². The summed E-state index contributed by atoms with van der Waals surface area (Å²) >= 11 is 0. The molecule has 0 atom stereocenters. The standard InChI is InChI=1S/C63H41N/c1-2-18-40(19-3-1)43-20-10-17-33-60(43)64-61(41-34-36-50-48-25-8-15-31-56(48)62(58(50)38-41)52-27-11-4-21-44(52)45-22-5-12-28-53(45)62)42-35-37-51-49-26-9-16-32-57(49)63(59(51)39-42)54-29-13-6-23-46(54)47-24-7-14-30-55(47)63/h1-39,61,64H. The summed E-state index contributed by atoms with van der Waals surface area (Å²) in [5.41, 5.74) is 26.4. The van der Waals surface area contributed by atoms with E-state index in [-0.39, 0.29) is 6.04 Å². The van der Waals surface area contributed by atoms with Gasteiger partial charge in [-0.05, 0) is 112 Å². The van der Waals surface area contributed by atoms with E-state index in [0.717, 1.165) is 5.69 Å². The lowest BCUT2D eigenvalue weighted by molar-refractivity contribution is 0.784. The van der Waals surface area contributed by atoms with E-state index in [1.807, 2.05) is 0 Å². The Balaban J connectivity index is 1.03. The molecule has 298 valence electrons. The molecule has 64 heavy (non-hydrogen) atoms. The molecule has 0 amide bonds. The van der Waals surface area contributed by atoms with Crippen molar-refractivity contribution in [3.05, 3.63) is 292 Å². The minimum atomic E-state index is -0.442. The van der Waals surface area contributed by atoms with Crippen molar-refractivity contribution in [3.63, 3.8) is 0 Å².